The van der Waals surface area contributed by atoms with E-state index in [1.165, 1.54) is 0 Å². The molecule has 0 radical (unpaired) electrons. The summed E-state index contributed by atoms with van der Waals surface area (Å²) in [5.41, 5.74) is 2.01. The summed E-state index contributed by atoms with van der Waals surface area (Å²) >= 11 is 5.97. The van der Waals surface area contributed by atoms with Crippen molar-refractivity contribution in [2.45, 2.75) is 32.4 Å². The minimum absolute atomic E-state index is 0.0165. The van der Waals surface area contributed by atoms with Crippen LogP contribution in [0.4, 0.5) is 0 Å². The van der Waals surface area contributed by atoms with Crippen LogP contribution in [0.5, 0.6) is 0 Å². The van der Waals surface area contributed by atoms with Crippen LogP contribution in [0.1, 0.15) is 26.0 Å². The van der Waals surface area contributed by atoms with Crippen LogP contribution in [0.3, 0.4) is 0 Å². The number of imidazole rings is 1. The Kier molecular flexibility index (Phi) is 3.69. The van der Waals surface area contributed by atoms with Gasteiger partial charge in [-0.3, -0.25) is 0 Å². The molecule has 3 nitrogen and oxygen atoms in total. The van der Waals surface area contributed by atoms with Crippen LogP contribution in [0.25, 0.3) is 5.65 Å². The van der Waals surface area contributed by atoms with Gasteiger partial charge in [-0.05, 0) is 25.5 Å². The third-order valence-electron chi connectivity index (χ3n) is 3.19. The molecule has 1 atom stereocenters. The lowest BCUT2D eigenvalue weighted by molar-refractivity contribution is 0.378. The van der Waals surface area contributed by atoms with E-state index in [1.807, 2.05) is 35.0 Å². The Morgan fingerprint density at radius 2 is 2.29 bits per heavy atom. The van der Waals surface area contributed by atoms with Gasteiger partial charge in [-0.25, -0.2) is 4.98 Å². The second-order valence-corrected chi connectivity index (χ2v) is 4.87. The number of alkyl halides is 1. The normalized spacial score (nSPS) is 15.0. The van der Waals surface area contributed by atoms with Crippen LogP contribution in [-0.2, 0) is 6.54 Å². The molecule has 0 aliphatic carbocycles. The average Bonchev–Trinajstić information content (AvgIpc) is 2.79. The summed E-state index contributed by atoms with van der Waals surface area (Å²) < 4.78 is 2.03. The summed E-state index contributed by atoms with van der Waals surface area (Å²) in [6.07, 6.45) is 5.06. The number of nitrogens with one attached hydrogen (secondary N) is 1. The van der Waals surface area contributed by atoms with Crippen LogP contribution in [0.15, 0.2) is 30.6 Å². The largest absolute Gasteiger partial charge is 0.307 e. The van der Waals surface area contributed by atoms with E-state index < -0.39 is 0 Å². The van der Waals surface area contributed by atoms with Crippen molar-refractivity contribution in [3.8, 4) is 0 Å². The number of halogens is 1. The van der Waals surface area contributed by atoms with Crippen LogP contribution in [0, 0.1) is 0 Å². The molecule has 0 spiro atoms. The molecule has 0 bridgehead atoms. The van der Waals surface area contributed by atoms with Gasteiger partial charge < -0.3 is 9.72 Å². The molecule has 1 N–H and O–H groups in total. The summed E-state index contributed by atoms with van der Waals surface area (Å²) in [5, 5.41) is 3.46. The van der Waals surface area contributed by atoms with Crippen molar-refractivity contribution in [3.05, 3.63) is 36.3 Å². The van der Waals surface area contributed by atoms with E-state index in [9.17, 15) is 0 Å². The van der Waals surface area contributed by atoms with E-state index in [0.717, 1.165) is 24.3 Å². The molecule has 0 aromatic carbocycles. The van der Waals surface area contributed by atoms with E-state index >= 15 is 0 Å². The Bertz CT molecular complexity index is 455. The van der Waals surface area contributed by atoms with Crippen molar-refractivity contribution in [1.29, 1.82) is 0 Å². The number of rotatable bonds is 5. The maximum atomic E-state index is 5.97. The van der Waals surface area contributed by atoms with Crippen molar-refractivity contribution < 1.29 is 0 Å². The van der Waals surface area contributed by atoms with Gasteiger partial charge in [0.15, 0.2) is 0 Å². The molecule has 0 aliphatic heterocycles. The maximum absolute atomic E-state index is 5.97. The summed E-state index contributed by atoms with van der Waals surface area (Å²) in [6, 6.07) is 6.00. The molecule has 0 amide bonds. The summed E-state index contributed by atoms with van der Waals surface area (Å²) in [5.74, 6) is 0.608. The first-order valence-electron chi connectivity index (χ1n) is 5.90. The van der Waals surface area contributed by atoms with Crippen molar-refractivity contribution in [2.24, 2.45) is 0 Å². The topological polar surface area (TPSA) is 29.3 Å². The molecule has 0 saturated heterocycles. The summed E-state index contributed by atoms with van der Waals surface area (Å²) in [7, 11) is 0. The standard InChI is InChI=1S/C13H18ClN3/c1-3-13(2,10-14)15-8-11-9-17-7-5-4-6-12(17)16-11/h4-7,9,15H,3,8,10H2,1-2H3. The lowest BCUT2D eigenvalue weighted by atomic mass is 10.0. The Morgan fingerprint density at radius 3 is 2.94 bits per heavy atom. The average molecular weight is 252 g/mol. The fourth-order valence-corrected chi connectivity index (χ4v) is 1.93. The zero-order chi connectivity index (χ0) is 12.3. The van der Waals surface area contributed by atoms with Crippen molar-refractivity contribution in [3.63, 3.8) is 0 Å². The van der Waals surface area contributed by atoms with E-state index in [4.69, 9.17) is 11.6 Å². The SMILES string of the molecule is CCC(C)(CCl)NCc1cn2ccccc2n1. The van der Waals surface area contributed by atoms with Crippen LogP contribution >= 0.6 is 11.6 Å². The number of hydrogen-bond acceptors (Lipinski definition) is 2. The molecule has 92 valence electrons. The van der Waals surface area contributed by atoms with Crippen molar-refractivity contribution >= 4 is 17.2 Å². The zero-order valence-electron chi connectivity index (χ0n) is 10.3. The highest BCUT2D eigenvalue weighted by atomic mass is 35.5. The maximum Gasteiger partial charge on any atom is 0.137 e. The first kappa shape index (κ1) is 12.4. The molecule has 2 rings (SSSR count). The second-order valence-electron chi connectivity index (χ2n) is 4.60. The van der Waals surface area contributed by atoms with Gasteiger partial charge >= 0.3 is 0 Å². The third kappa shape index (κ3) is 2.79. The highest BCUT2D eigenvalue weighted by Gasteiger charge is 2.19. The van der Waals surface area contributed by atoms with Crippen LogP contribution in [-0.4, -0.2) is 20.8 Å². The van der Waals surface area contributed by atoms with Gasteiger partial charge in [0.2, 0.25) is 0 Å². The second kappa shape index (κ2) is 5.07. The molecule has 2 aromatic heterocycles. The Labute approximate surface area is 107 Å². The fourth-order valence-electron chi connectivity index (χ4n) is 1.64. The Balaban J connectivity index is 2.09. The number of fused-ring (bicyclic) bond motifs is 1. The predicted octanol–water partition coefficient (Wildman–Crippen LogP) is 2.83. The van der Waals surface area contributed by atoms with Crippen LogP contribution < -0.4 is 5.32 Å². The van der Waals surface area contributed by atoms with Crippen molar-refractivity contribution in [2.75, 3.05) is 5.88 Å². The first-order valence-corrected chi connectivity index (χ1v) is 6.44. The van der Waals surface area contributed by atoms with E-state index in [-0.39, 0.29) is 5.54 Å². The third-order valence-corrected chi connectivity index (χ3v) is 3.78. The number of pyridine rings is 1. The lowest BCUT2D eigenvalue weighted by Gasteiger charge is -2.26. The van der Waals surface area contributed by atoms with Gasteiger partial charge in [0.25, 0.3) is 0 Å². The summed E-state index contributed by atoms with van der Waals surface area (Å²) in [4.78, 5) is 4.54. The van der Waals surface area contributed by atoms with Crippen molar-refractivity contribution in [1.82, 2.24) is 14.7 Å². The fraction of sp³-hybridized carbons (Fsp3) is 0.462. The molecular weight excluding hydrogens is 234 g/mol. The number of aromatic nitrogens is 2. The molecule has 2 aromatic rings. The van der Waals surface area contributed by atoms with Gasteiger partial charge in [-0.15, -0.1) is 11.6 Å². The first-order chi connectivity index (χ1) is 8.17. The highest BCUT2D eigenvalue weighted by molar-refractivity contribution is 6.18. The smallest absolute Gasteiger partial charge is 0.137 e. The minimum Gasteiger partial charge on any atom is -0.307 e. The van der Waals surface area contributed by atoms with E-state index in [0.29, 0.717) is 5.88 Å². The monoisotopic (exact) mass is 251 g/mol. The lowest BCUT2D eigenvalue weighted by Crippen LogP contribution is -2.43. The molecule has 2 heterocycles. The van der Waals surface area contributed by atoms with Gasteiger partial charge in [-0.2, -0.15) is 0 Å². The van der Waals surface area contributed by atoms with Gasteiger partial charge in [0.1, 0.15) is 5.65 Å². The molecule has 4 heteroatoms. The Morgan fingerprint density at radius 1 is 1.47 bits per heavy atom. The molecule has 17 heavy (non-hydrogen) atoms. The Hall–Kier alpha value is -1.06. The summed E-state index contributed by atoms with van der Waals surface area (Å²) in [6.45, 7) is 5.02. The van der Waals surface area contributed by atoms with E-state index in [2.05, 4.69) is 24.1 Å². The number of nitrogens with zero attached hydrogens (tertiary/aromatic N) is 2. The minimum atomic E-state index is -0.0165. The highest BCUT2D eigenvalue weighted by Crippen LogP contribution is 2.12. The molecule has 0 fully saturated rings. The quantitative estimate of drug-likeness (QED) is 0.828. The van der Waals surface area contributed by atoms with Gasteiger partial charge in [0, 0.05) is 30.4 Å². The zero-order valence-corrected chi connectivity index (χ0v) is 11.0. The number of hydrogen-bond donors (Lipinski definition) is 1. The van der Waals surface area contributed by atoms with Gasteiger partial charge in [0.05, 0.1) is 5.69 Å². The molecule has 1 unspecified atom stereocenters. The van der Waals surface area contributed by atoms with E-state index in [1.54, 1.807) is 0 Å². The van der Waals surface area contributed by atoms with Crippen LogP contribution in [0.2, 0.25) is 0 Å². The predicted molar refractivity (Wildman–Crippen MR) is 71.4 cm³/mol. The van der Waals surface area contributed by atoms with Gasteiger partial charge in [-0.1, -0.05) is 13.0 Å². The molecule has 0 saturated carbocycles. The molecular formula is C13H18ClN3. The molecule has 0 aliphatic rings.